The van der Waals surface area contributed by atoms with Crippen molar-refractivity contribution in [2.45, 2.75) is 33.7 Å². The molecule has 0 fully saturated rings. The molecule has 6 nitrogen and oxygen atoms in total. The van der Waals surface area contributed by atoms with E-state index in [-0.39, 0.29) is 17.5 Å². The Bertz CT molecular complexity index is 1060. The van der Waals surface area contributed by atoms with Crippen LogP contribution in [0.25, 0.3) is 10.2 Å². The summed E-state index contributed by atoms with van der Waals surface area (Å²) in [7, 11) is 0. The van der Waals surface area contributed by atoms with Gasteiger partial charge < -0.3 is 15.6 Å². The number of hydrogen-bond donors (Lipinski definition) is 3. The molecule has 8 heteroatoms. The number of aromatic amines is 1. The average Bonchev–Trinajstić information content (AvgIpc) is 2.84. The fourth-order valence-corrected chi connectivity index (χ4v) is 3.96. The lowest BCUT2D eigenvalue weighted by atomic mass is 10.2. The van der Waals surface area contributed by atoms with Crippen LogP contribution in [-0.4, -0.2) is 15.9 Å². The van der Waals surface area contributed by atoms with E-state index < -0.39 is 0 Å². The molecule has 0 saturated heterocycles. The Balaban J connectivity index is 1.87. The summed E-state index contributed by atoms with van der Waals surface area (Å²) in [4.78, 5) is 32.9. The molecule has 1 aromatic carbocycles. The normalized spacial score (nSPS) is 12.2. The third kappa shape index (κ3) is 3.59. The van der Waals surface area contributed by atoms with Crippen LogP contribution >= 0.6 is 22.9 Å². The second-order valence-corrected chi connectivity index (χ2v) is 7.77. The van der Waals surface area contributed by atoms with Gasteiger partial charge in [-0.25, -0.2) is 4.98 Å². The summed E-state index contributed by atoms with van der Waals surface area (Å²) >= 11 is 7.72. The summed E-state index contributed by atoms with van der Waals surface area (Å²) in [5, 5.41) is 7.02. The molecule has 1 amide bonds. The molecule has 0 radical (unpaired) electrons. The molecule has 0 aliphatic carbocycles. The molecule has 0 spiro atoms. The zero-order valence-electron chi connectivity index (χ0n) is 14.9. The molecule has 136 valence electrons. The van der Waals surface area contributed by atoms with Crippen LogP contribution in [0.3, 0.4) is 0 Å². The number of amides is 1. The van der Waals surface area contributed by atoms with Gasteiger partial charge in [-0.05, 0) is 44.5 Å². The van der Waals surface area contributed by atoms with Crippen LogP contribution in [0, 0.1) is 13.8 Å². The van der Waals surface area contributed by atoms with Gasteiger partial charge in [0.2, 0.25) is 5.91 Å². The number of H-pyrrole nitrogens is 1. The molecule has 2 heterocycles. The number of halogens is 1. The quantitative estimate of drug-likeness (QED) is 0.616. The maximum absolute atomic E-state index is 12.4. The van der Waals surface area contributed by atoms with Gasteiger partial charge in [0.05, 0.1) is 22.1 Å². The third-order valence-corrected chi connectivity index (χ3v) is 5.54. The molecule has 0 aliphatic heterocycles. The largest absolute Gasteiger partial charge is 0.375 e. The molecular weight excluding hydrogens is 372 g/mol. The van der Waals surface area contributed by atoms with Gasteiger partial charge in [0.1, 0.15) is 10.7 Å². The fraction of sp³-hybridized carbons (Fsp3) is 0.278. The lowest BCUT2D eigenvalue weighted by molar-refractivity contribution is -0.114. The highest BCUT2D eigenvalue weighted by Gasteiger charge is 2.15. The Morgan fingerprint density at radius 2 is 2.08 bits per heavy atom. The zero-order valence-corrected chi connectivity index (χ0v) is 16.4. The maximum atomic E-state index is 12.4. The van der Waals surface area contributed by atoms with Gasteiger partial charge >= 0.3 is 0 Å². The summed E-state index contributed by atoms with van der Waals surface area (Å²) < 4.78 is 0. The van der Waals surface area contributed by atoms with Crippen LogP contribution in [0.2, 0.25) is 5.02 Å². The van der Waals surface area contributed by atoms with Gasteiger partial charge in [-0.3, -0.25) is 9.59 Å². The van der Waals surface area contributed by atoms with Crippen LogP contribution < -0.4 is 16.2 Å². The van der Waals surface area contributed by atoms with Gasteiger partial charge in [-0.2, -0.15) is 0 Å². The summed E-state index contributed by atoms with van der Waals surface area (Å²) in [5.74, 6) is 0.378. The standard InChI is InChI=1S/C18H19ClN4O2S/c1-8-10(3)26-18-15(8)17(25)22-16(23-18)9(2)20-12-5-6-14(13(19)7-12)21-11(4)24/h5-7,9,20H,1-4H3,(H,21,24)(H,22,23,25)/t9-/m1/s1. The van der Waals surface area contributed by atoms with Crippen molar-refractivity contribution >= 4 is 50.4 Å². The van der Waals surface area contributed by atoms with E-state index in [1.165, 1.54) is 18.3 Å². The molecular formula is C18H19ClN4O2S. The molecule has 3 rings (SSSR count). The van der Waals surface area contributed by atoms with Crippen LogP contribution in [0.4, 0.5) is 11.4 Å². The second-order valence-electron chi connectivity index (χ2n) is 6.16. The van der Waals surface area contributed by atoms with E-state index in [1.807, 2.05) is 26.8 Å². The van der Waals surface area contributed by atoms with Gasteiger partial charge in [0.15, 0.2) is 0 Å². The van der Waals surface area contributed by atoms with Crippen LogP contribution in [0.5, 0.6) is 0 Å². The van der Waals surface area contributed by atoms with Crippen molar-refractivity contribution in [3.05, 3.63) is 49.8 Å². The monoisotopic (exact) mass is 390 g/mol. The van der Waals surface area contributed by atoms with E-state index in [4.69, 9.17) is 11.6 Å². The number of hydrogen-bond acceptors (Lipinski definition) is 5. The van der Waals surface area contributed by atoms with Crippen molar-refractivity contribution in [3.8, 4) is 0 Å². The number of anilines is 2. The topological polar surface area (TPSA) is 86.9 Å². The number of nitrogens with zero attached hydrogens (tertiary/aromatic N) is 1. The Kier molecular flexibility index (Phi) is 5.02. The van der Waals surface area contributed by atoms with E-state index >= 15 is 0 Å². The highest BCUT2D eigenvalue weighted by Crippen LogP contribution is 2.29. The minimum absolute atomic E-state index is 0.125. The molecule has 0 bridgehead atoms. The summed E-state index contributed by atoms with van der Waals surface area (Å²) in [6.07, 6.45) is 0. The van der Waals surface area contributed by atoms with E-state index in [1.54, 1.807) is 12.1 Å². The van der Waals surface area contributed by atoms with Gasteiger partial charge in [-0.1, -0.05) is 11.6 Å². The Morgan fingerprint density at radius 3 is 2.73 bits per heavy atom. The van der Waals surface area contributed by atoms with Gasteiger partial charge in [0, 0.05) is 17.5 Å². The predicted molar refractivity (Wildman–Crippen MR) is 108 cm³/mol. The van der Waals surface area contributed by atoms with E-state index in [0.29, 0.717) is 21.9 Å². The SMILES string of the molecule is CC(=O)Nc1ccc(N[C@H](C)c2nc3sc(C)c(C)c3c(=O)[nH]2)cc1Cl. The van der Waals surface area contributed by atoms with Crippen molar-refractivity contribution < 1.29 is 4.79 Å². The predicted octanol–water partition coefficient (Wildman–Crippen LogP) is 4.39. The van der Waals surface area contributed by atoms with Crippen molar-refractivity contribution in [2.75, 3.05) is 10.6 Å². The fourth-order valence-electron chi connectivity index (χ4n) is 2.69. The number of aryl methyl sites for hydroxylation is 2. The number of aromatic nitrogens is 2. The number of fused-ring (bicyclic) bond motifs is 1. The molecule has 0 saturated carbocycles. The maximum Gasteiger partial charge on any atom is 0.259 e. The second kappa shape index (κ2) is 7.09. The van der Waals surface area contributed by atoms with Crippen LogP contribution in [0.1, 0.15) is 36.2 Å². The number of rotatable bonds is 4. The Morgan fingerprint density at radius 1 is 1.35 bits per heavy atom. The first-order valence-electron chi connectivity index (χ1n) is 8.10. The molecule has 0 unspecified atom stereocenters. The van der Waals surface area contributed by atoms with Crippen LogP contribution in [0.15, 0.2) is 23.0 Å². The van der Waals surface area contributed by atoms with E-state index in [9.17, 15) is 9.59 Å². The number of benzene rings is 1. The Labute approximate surface area is 159 Å². The zero-order chi connectivity index (χ0) is 19.0. The Hall–Kier alpha value is -2.38. The number of thiophene rings is 1. The first-order chi connectivity index (χ1) is 12.3. The third-order valence-electron chi connectivity index (χ3n) is 4.13. The van der Waals surface area contributed by atoms with Gasteiger partial charge in [-0.15, -0.1) is 11.3 Å². The minimum atomic E-state index is -0.225. The van der Waals surface area contributed by atoms with Crippen molar-refractivity contribution in [3.63, 3.8) is 0 Å². The molecule has 26 heavy (non-hydrogen) atoms. The molecule has 2 aromatic heterocycles. The minimum Gasteiger partial charge on any atom is -0.375 e. The first kappa shape index (κ1) is 18.4. The van der Waals surface area contributed by atoms with Crippen LogP contribution in [-0.2, 0) is 4.79 Å². The summed E-state index contributed by atoms with van der Waals surface area (Å²) in [6, 6.07) is 5.03. The molecule has 0 aliphatic rings. The smallest absolute Gasteiger partial charge is 0.259 e. The molecule has 3 aromatic rings. The van der Waals surface area contributed by atoms with Crippen molar-refractivity contribution in [1.29, 1.82) is 0 Å². The molecule has 3 N–H and O–H groups in total. The van der Waals surface area contributed by atoms with E-state index in [0.717, 1.165) is 21.0 Å². The van der Waals surface area contributed by atoms with Crippen molar-refractivity contribution in [2.24, 2.45) is 0 Å². The van der Waals surface area contributed by atoms with E-state index in [2.05, 4.69) is 20.6 Å². The van der Waals surface area contributed by atoms with Gasteiger partial charge in [0.25, 0.3) is 5.56 Å². The summed E-state index contributed by atoms with van der Waals surface area (Å²) in [5.41, 5.74) is 2.17. The van der Waals surface area contributed by atoms with Crippen molar-refractivity contribution in [1.82, 2.24) is 9.97 Å². The number of nitrogens with one attached hydrogen (secondary N) is 3. The summed E-state index contributed by atoms with van der Waals surface area (Å²) in [6.45, 7) is 7.26. The molecule has 1 atom stereocenters. The highest BCUT2D eigenvalue weighted by molar-refractivity contribution is 7.18. The number of carbonyl (C=O) groups excluding carboxylic acids is 1. The first-order valence-corrected chi connectivity index (χ1v) is 9.29. The number of carbonyl (C=O) groups is 1. The lowest BCUT2D eigenvalue weighted by Gasteiger charge is -2.15. The highest BCUT2D eigenvalue weighted by atomic mass is 35.5. The lowest BCUT2D eigenvalue weighted by Crippen LogP contribution is -2.17. The average molecular weight is 391 g/mol.